The van der Waals surface area contributed by atoms with E-state index in [1.54, 1.807) is 10.7 Å². The number of nitrogens with zero attached hydrogens (tertiary/aromatic N) is 6. The van der Waals surface area contributed by atoms with E-state index in [9.17, 15) is 4.79 Å². The molecule has 36 heavy (non-hydrogen) atoms. The van der Waals surface area contributed by atoms with E-state index in [0.717, 1.165) is 39.2 Å². The highest BCUT2D eigenvalue weighted by Crippen LogP contribution is 2.29. The van der Waals surface area contributed by atoms with Crippen LogP contribution in [0.4, 0.5) is 0 Å². The van der Waals surface area contributed by atoms with Crippen LogP contribution in [0.1, 0.15) is 23.1 Å². The number of H-pyrrole nitrogens is 1. The number of hydrogen-bond donors (Lipinski definition) is 1. The van der Waals surface area contributed by atoms with Crippen LogP contribution in [0.2, 0.25) is 5.02 Å². The fourth-order valence-corrected chi connectivity index (χ4v) is 4.87. The Morgan fingerprint density at radius 1 is 1.03 bits per heavy atom. The van der Waals surface area contributed by atoms with E-state index in [2.05, 4.69) is 55.0 Å². The van der Waals surface area contributed by atoms with Gasteiger partial charge in [0.15, 0.2) is 5.82 Å². The number of aromatic amines is 1. The SMILES string of the molecule is CCc1nn(Cc2ccc(-c3ccccc3-c3nnn[nH]3)cc2)c(=NC(=O)Cc2ccccc2Cl)s1. The van der Waals surface area contributed by atoms with Crippen LogP contribution in [-0.2, 0) is 24.2 Å². The predicted octanol–water partition coefficient (Wildman–Crippen LogP) is 4.73. The van der Waals surface area contributed by atoms with Gasteiger partial charge in [-0.3, -0.25) is 4.79 Å². The first-order valence-electron chi connectivity index (χ1n) is 11.4. The molecule has 3 aromatic carbocycles. The van der Waals surface area contributed by atoms with Gasteiger partial charge in [0.25, 0.3) is 5.91 Å². The highest BCUT2D eigenvalue weighted by molar-refractivity contribution is 7.08. The Hall–Kier alpha value is -3.95. The number of benzene rings is 3. The molecule has 0 saturated heterocycles. The molecule has 0 aliphatic carbocycles. The van der Waals surface area contributed by atoms with E-state index in [1.807, 2.05) is 49.4 Å². The summed E-state index contributed by atoms with van der Waals surface area (Å²) in [5.41, 5.74) is 4.80. The van der Waals surface area contributed by atoms with Crippen molar-refractivity contribution in [2.75, 3.05) is 0 Å². The predicted molar refractivity (Wildman–Crippen MR) is 139 cm³/mol. The zero-order chi connectivity index (χ0) is 24.9. The Morgan fingerprint density at radius 3 is 2.50 bits per heavy atom. The molecule has 0 aliphatic heterocycles. The number of carbonyl (C=O) groups is 1. The maximum atomic E-state index is 12.7. The molecule has 8 nitrogen and oxygen atoms in total. The number of nitrogens with one attached hydrogen (secondary N) is 1. The molecule has 0 aliphatic rings. The standard InChI is InChI=1S/C26H22ClN7OS/c1-2-24-31-34(26(36-24)28-23(35)15-19-7-3-6-10-22(19)27)16-17-11-13-18(14-12-17)20-8-4-5-9-21(20)25-29-32-33-30-25/h3-14H,2,15-16H2,1H3,(H,29,30,32,33). The van der Waals surface area contributed by atoms with Crippen LogP contribution >= 0.6 is 22.9 Å². The third-order valence-corrected chi connectivity index (χ3v) is 7.07. The molecule has 2 aromatic heterocycles. The van der Waals surface area contributed by atoms with Crippen LogP contribution in [0.25, 0.3) is 22.5 Å². The Labute approximate surface area is 216 Å². The number of halogens is 1. The van der Waals surface area contributed by atoms with Crippen LogP contribution < -0.4 is 4.80 Å². The van der Waals surface area contributed by atoms with Gasteiger partial charge >= 0.3 is 0 Å². The third-order valence-electron chi connectivity index (χ3n) is 5.61. The van der Waals surface area contributed by atoms with E-state index in [0.29, 0.717) is 22.2 Å². The van der Waals surface area contributed by atoms with Crippen molar-refractivity contribution in [3.63, 3.8) is 0 Å². The molecule has 0 atom stereocenters. The minimum absolute atomic E-state index is 0.147. The topological polar surface area (TPSA) is 102 Å². The average Bonchev–Trinajstić information content (AvgIpc) is 3.56. The second-order valence-electron chi connectivity index (χ2n) is 8.06. The monoisotopic (exact) mass is 515 g/mol. The molecule has 0 unspecified atom stereocenters. The first-order chi connectivity index (χ1) is 17.6. The second-order valence-corrected chi connectivity index (χ2v) is 9.50. The van der Waals surface area contributed by atoms with Crippen molar-refractivity contribution in [2.45, 2.75) is 26.3 Å². The van der Waals surface area contributed by atoms with Crippen molar-refractivity contribution >= 4 is 28.8 Å². The third kappa shape index (κ3) is 5.32. The molecule has 0 fully saturated rings. The van der Waals surface area contributed by atoms with E-state index < -0.39 is 0 Å². The number of hydrogen-bond acceptors (Lipinski definition) is 6. The van der Waals surface area contributed by atoms with Crippen molar-refractivity contribution in [2.24, 2.45) is 4.99 Å². The molecule has 1 N–H and O–H groups in total. The molecule has 180 valence electrons. The van der Waals surface area contributed by atoms with Gasteiger partial charge < -0.3 is 0 Å². The van der Waals surface area contributed by atoms with Gasteiger partial charge in [0.1, 0.15) is 5.01 Å². The van der Waals surface area contributed by atoms with Crippen LogP contribution in [-0.4, -0.2) is 36.3 Å². The lowest BCUT2D eigenvalue weighted by molar-refractivity contribution is -0.117. The molecular formula is C26H22ClN7OS. The molecular weight excluding hydrogens is 494 g/mol. The van der Waals surface area contributed by atoms with Crippen LogP contribution in [0.5, 0.6) is 0 Å². The lowest BCUT2D eigenvalue weighted by Gasteiger charge is -2.08. The summed E-state index contributed by atoms with van der Waals surface area (Å²) in [6.45, 7) is 2.54. The van der Waals surface area contributed by atoms with E-state index in [-0.39, 0.29) is 12.3 Å². The zero-order valence-electron chi connectivity index (χ0n) is 19.4. The summed E-state index contributed by atoms with van der Waals surface area (Å²) in [6, 6.07) is 23.5. The summed E-state index contributed by atoms with van der Waals surface area (Å²) in [7, 11) is 0. The van der Waals surface area contributed by atoms with E-state index >= 15 is 0 Å². The highest BCUT2D eigenvalue weighted by atomic mass is 35.5. The van der Waals surface area contributed by atoms with Crippen LogP contribution in [0, 0.1) is 0 Å². The molecule has 5 aromatic rings. The van der Waals surface area contributed by atoms with Gasteiger partial charge in [-0.1, -0.05) is 96.6 Å². The first kappa shape index (κ1) is 23.8. The molecule has 0 radical (unpaired) electrons. The number of tetrazole rings is 1. The highest BCUT2D eigenvalue weighted by Gasteiger charge is 2.12. The van der Waals surface area contributed by atoms with Gasteiger partial charge in [0.2, 0.25) is 4.80 Å². The average molecular weight is 516 g/mol. The zero-order valence-corrected chi connectivity index (χ0v) is 21.0. The van der Waals surface area contributed by atoms with Gasteiger partial charge in [-0.2, -0.15) is 10.1 Å². The summed E-state index contributed by atoms with van der Waals surface area (Å²) < 4.78 is 1.79. The van der Waals surface area contributed by atoms with Crippen LogP contribution in [0.15, 0.2) is 77.8 Å². The van der Waals surface area contributed by atoms with Crippen molar-refractivity contribution in [1.29, 1.82) is 0 Å². The molecule has 0 spiro atoms. The number of rotatable bonds is 7. The molecule has 0 saturated carbocycles. The lowest BCUT2D eigenvalue weighted by atomic mass is 9.98. The van der Waals surface area contributed by atoms with Gasteiger partial charge in [-0.05, 0) is 45.2 Å². The Bertz CT molecular complexity index is 1560. The van der Waals surface area contributed by atoms with Crippen molar-refractivity contribution in [3.8, 4) is 22.5 Å². The molecule has 5 rings (SSSR count). The number of carbonyl (C=O) groups excluding carboxylic acids is 1. The van der Waals surface area contributed by atoms with Gasteiger partial charge in [-0.15, -0.1) is 5.10 Å². The largest absolute Gasteiger partial charge is 0.272 e. The van der Waals surface area contributed by atoms with E-state index in [1.165, 1.54) is 11.3 Å². The molecule has 1 amide bonds. The fourth-order valence-electron chi connectivity index (χ4n) is 3.81. The number of aromatic nitrogens is 6. The Balaban J connectivity index is 1.39. The van der Waals surface area contributed by atoms with Crippen molar-refractivity contribution in [1.82, 2.24) is 30.4 Å². The number of amides is 1. The summed E-state index contributed by atoms with van der Waals surface area (Å²) in [5, 5.41) is 20.4. The minimum atomic E-state index is -0.253. The normalized spacial score (nSPS) is 11.7. The molecule has 0 bridgehead atoms. The van der Waals surface area contributed by atoms with Gasteiger partial charge in [0, 0.05) is 10.6 Å². The summed E-state index contributed by atoms with van der Waals surface area (Å²) in [5.74, 6) is 0.365. The minimum Gasteiger partial charge on any atom is -0.272 e. The van der Waals surface area contributed by atoms with E-state index in [4.69, 9.17) is 11.6 Å². The smallest absolute Gasteiger partial charge is 0.252 e. The summed E-state index contributed by atoms with van der Waals surface area (Å²) in [4.78, 5) is 17.6. The van der Waals surface area contributed by atoms with Gasteiger partial charge in [0.05, 0.1) is 13.0 Å². The number of aryl methyl sites for hydroxylation is 1. The second kappa shape index (κ2) is 10.8. The maximum absolute atomic E-state index is 12.7. The lowest BCUT2D eigenvalue weighted by Crippen LogP contribution is -2.19. The van der Waals surface area contributed by atoms with Crippen LogP contribution in [0.3, 0.4) is 0 Å². The Morgan fingerprint density at radius 2 is 1.78 bits per heavy atom. The fraction of sp³-hybridized carbons (Fsp3) is 0.154. The summed E-state index contributed by atoms with van der Waals surface area (Å²) in [6.07, 6.45) is 0.916. The Kier molecular flexibility index (Phi) is 7.11. The maximum Gasteiger partial charge on any atom is 0.252 e. The summed E-state index contributed by atoms with van der Waals surface area (Å²) >= 11 is 7.64. The first-order valence-corrected chi connectivity index (χ1v) is 12.6. The van der Waals surface area contributed by atoms with Crippen molar-refractivity contribution in [3.05, 3.63) is 98.8 Å². The molecule has 2 heterocycles. The van der Waals surface area contributed by atoms with Gasteiger partial charge in [-0.25, -0.2) is 9.78 Å². The van der Waals surface area contributed by atoms with Crippen molar-refractivity contribution < 1.29 is 4.79 Å². The molecule has 10 heteroatoms. The quantitative estimate of drug-likeness (QED) is 0.338.